The van der Waals surface area contributed by atoms with Gasteiger partial charge >= 0.3 is 0 Å². The molecule has 1 fully saturated rings. The molecule has 104 valence electrons. The zero-order valence-electron chi connectivity index (χ0n) is 11.2. The molecule has 0 spiro atoms. The Morgan fingerprint density at radius 1 is 1.14 bits per heavy atom. The molecule has 1 N–H and O–H groups in total. The first-order valence-electron chi connectivity index (χ1n) is 6.84. The average Bonchev–Trinajstić information content (AvgIpc) is 2.87. The van der Waals surface area contributed by atoms with E-state index in [1.165, 1.54) is 0 Å². The highest BCUT2D eigenvalue weighted by atomic mass is 16.3. The molecule has 2 aliphatic heterocycles. The van der Waals surface area contributed by atoms with Crippen LogP contribution in [0.1, 0.15) is 16.9 Å². The predicted molar refractivity (Wildman–Crippen MR) is 79.0 cm³/mol. The second kappa shape index (κ2) is 4.23. The van der Waals surface area contributed by atoms with Gasteiger partial charge in [0.2, 0.25) is 5.78 Å². The van der Waals surface area contributed by atoms with Crippen LogP contribution >= 0.6 is 0 Å². The largest absolute Gasteiger partial charge is 0.374 e. The van der Waals surface area contributed by atoms with Crippen LogP contribution in [-0.4, -0.2) is 33.9 Å². The number of amidine groups is 1. The lowest BCUT2D eigenvalue weighted by Gasteiger charge is -2.29. The minimum absolute atomic E-state index is 0.249. The number of aliphatic hydroxyl groups is 1. The van der Waals surface area contributed by atoms with Crippen LogP contribution < -0.4 is 4.90 Å². The molecule has 3 heterocycles. The molecule has 0 saturated carbocycles. The number of carbonyl (C=O) groups is 1. The van der Waals surface area contributed by atoms with Crippen LogP contribution in [0.2, 0.25) is 0 Å². The van der Waals surface area contributed by atoms with Gasteiger partial charge in [-0.3, -0.25) is 9.78 Å². The lowest BCUT2D eigenvalue weighted by molar-refractivity contribution is 0.0596. The van der Waals surface area contributed by atoms with Crippen LogP contribution in [-0.2, 0) is 0 Å². The Morgan fingerprint density at radius 3 is 2.76 bits per heavy atom. The van der Waals surface area contributed by atoms with Gasteiger partial charge in [-0.15, -0.1) is 0 Å². The molecule has 1 aromatic carbocycles. The predicted octanol–water partition coefficient (Wildman–Crippen LogP) is 1.95. The van der Waals surface area contributed by atoms with Crippen molar-refractivity contribution in [1.82, 2.24) is 4.98 Å². The number of rotatable bonds is 1. The number of fused-ring (bicyclic) bond motifs is 2. The van der Waals surface area contributed by atoms with Gasteiger partial charge in [-0.1, -0.05) is 18.2 Å². The number of hydrogen-bond donors (Lipinski definition) is 1. The van der Waals surface area contributed by atoms with Crippen LogP contribution in [0.5, 0.6) is 0 Å². The summed E-state index contributed by atoms with van der Waals surface area (Å²) in [4.78, 5) is 23.0. The van der Waals surface area contributed by atoms with Crippen LogP contribution in [0.3, 0.4) is 0 Å². The number of benzene rings is 1. The molecular weight excluding hydrogens is 266 g/mol. The van der Waals surface area contributed by atoms with Crippen molar-refractivity contribution in [2.75, 3.05) is 11.4 Å². The number of hydrogen-bond acceptors (Lipinski definition) is 5. The molecule has 2 aliphatic rings. The van der Waals surface area contributed by atoms with Gasteiger partial charge < -0.3 is 10.0 Å². The third kappa shape index (κ3) is 1.64. The maximum absolute atomic E-state index is 12.6. The molecule has 1 saturated heterocycles. The lowest BCUT2D eigenvalue weighted by atomic mass is 9.90. The van der Waals surface area contributed by atoms with Crippen molar-refractivity contribution in [2.45, 2.75) is 12.0 Å². The monoisotopic (exact) mass is 279 g/mol. The summed E-state index contributed by atoms with van der Waals surface area (Å²) >= 11 is 0. The minimum atomic E-state index is -1.56. The number of pyridine rings is 1. The number of aromatic nitrogens is 1. The smallest absolute Gasteiger partial charge is 0.222 e. The summed E-state index contributed by atoms with van der Waals surface area (Å²) in [6, 6.07) is 13.1. The zero-order valence-corrected chi connectivity index (χ0v) is 11.2. The molecule has 0 aliphatic carbocycles. The van der Waals surface area contributed by atoms with Gasteiger partial charge in [0.05, 0.1) is 5.69 Å². The molecule has 0 radical (unpaired) electrons. The van der Waals surface area contributed by atoms with Gasteiger partial charge in [-0.05, 0) is 24.3 Å². The average molecular weight is 279 g/mol. The highest BCUT2D eigenvalue weighted by molar-refractivity contribution is 6.27. The topological polar surface area (TPSA) is 65.8 Å². The Morgan fingerprint density at radius 2 is 1.95 bits per heavy atom. The first-order chi connectivity index (χ1) is 10.2. The zero-order chi connectivity index (χ0) is 14.4. The highest BCUT2D eigenvalue weighted by Crippen LogP contribution is 2.38. The fourth-order valence-corrected chi connectivity index (χ4v) is 2.91. The summed E-state index contributed by atoms with van der Waals surface area (Å²) in [7, 11) is 0. The van der Waals surface area contributed by atoms with E-state index in [-0.39, 0.29) is 11.5 Å². The first kappa shape index (κ1) is 12.2. The molecule has 1 aromatic heterocycles. The van der Waals surface area contributed by atoms with Crippen molar-refractivity contribution in [1.29, 1.82) is 0 Å². The summed E-state index contributed by atoms with van der Waals surface area (Å²) in [5.41, 5.74) is 0.132. The third-order valence-corrected chi connectivity index (χ3v) is 3.99. The van der Waals surface area contributed by atoms with E-state index in [1.54, 1.807) is 18.3 Å². The number of aliphatic imine (C=N–C) groups is 1. The van der Waals surface area contributed by atoms with E-state index in [4.69, 9.17) is 0 Å². The van der Waals surface area contributed by atoms with Crippen molar-refractivity contribution in [2.24, 2.45) is 4.99 Å². The molecule has 4 rings (SSSR count). The van der Waals surface area contributed by atoms with E-state index in [0.29, 0.717) is 24.5 Å². The highest BCUT2D eigenvalue weighted by Gasteiger charge is 2.52. The van der Waals surface area contributed by atoms with Crippen LogP contribution in [0.25, 0.3) is 0 Å². The quantitative estimate of drug-likeness (QED) is 0.866. The summed E-state index contributed by atoms with van der Waals surface area (Å²) < 4.78 is 0. The molecule has 1 atom stereocenters. The van der Waals surface area contributed by atoms with Crippen LogP contribution in [0.15, 0.2) is 53.7 Å². The molecule has 1 unspecified atom stereocenters. The number of ketones is 1. The molecule has 21 heavy (non-hydrogen) atoms. The fourth-order valence-electron chi connectivity index (χ4n) is 2.91. The molecule has 5 nitrogen and oxygen atoms in total. The fraction of sp³-hybridized carbons (Fsp3) is 0.188. The maximum Gasteiger partial charge on any atom is 0.222 e. The van der Waals surface area contributed by atoms with E-state index in [2.05, 4.69) is 9.98 Å². The summed E-state index contributed by atoms with van der Waals surface area (Å²) in [6.45, 7) is 0.555. The van der Waals surface area contributed by atoms with Crippen molar-refractivity contribution < 1.29 is 9.90 Å². The van der Waals surface area contributed by atoms with Gasteiger partial charge in [0.25, 0.3) is 0 Å². The van der Waals surface area contributed by atoms with E-state index in [0.717, 1.165) is 5.69 Å². The SMILES string of the molecule is O=C1c2ncccc2N=C2N(c3ccccc3)CCC12O. The minimum Gasteiger partial charge on any atom is -0.374 e. The second-order valence-electron chi connectivity index (χ2n) is 5.23. The summed E-state index contributed by atoms with van der Waals surface area (Å²) in [5, 5.41) is 10.8. The Bertz CT molecular complexity index is 757. The number of Topliss-reactive ketones (excluding diaryl/α,β-unsaturated/α-hetero) is 1. The number of para-hydroxylation sites is 1. The van der Waals surface area contributed by atoms with Crippen molar-refractivity contribution in [3.05, 3.63) is 54.4 Å². The Hall–Kier alpha value is -2.53. The van der Waals surface area contributed by atoms with Gasteiger partial charge in [0.1, 0.15) is 11.5 Å². The van der Waals surface area contributed by atoms with E-state index in [1.807, 2.05) is 35.2 Å². The normalized spacial score (nSPS) is 23.6. The first-order valence-corrected chi connectivity index (χ1v) is 6.84. The van der Waals surface area contributed by atoms with Crippen molar-refractivity contribution in [3.63, 3.8) is 0 Å². The standard InChI is InChI=1S/C16H13N3O2/c20-14-13-12(7-4-9-17-13)18-15-16(14,21)8-10-19(15)11-5-2-1-3-6-11/h1-7,9,21H,8,10H2. The van der Waals surface area contributed by atoms with Crippen LogP contribution in [0.4, 0.5) is 11.4 Å². The molecule has 0 amide bonds. The number of nitrogens with zero attached hydrogens (tertiary/aromatic N) is 3. The van der Waals surface area contributed by atoms with Crippen molar-refractivity contribution >= 4 is 23.0 Å². The molecular formula is C16H13N3O2. The number of anilines is 1. The second-order valence-corrected chi connectivity index (χ2v) is 5.23. The molecule has 0 bridgehead atoms. The molecule has 5 heteroatoms. The van der Waals surface area contributed by atoms with E-state index in [9.17, 15) is 9.90 Å². The van der Waals surface area contributed by atoms with Gasteiger partial charge in [-0.25, -0.2) is 4.99 Å². The van der Waals surface area contributed by atoms with Crippen molar-refractivity contribution in [3.8, 4) is 0 Å². The lowest BCUT2D eigenvalue weighted by Crippen LogP contribution is -2.49. The molecule has 2 aromatic rings. The van der Waals surface area contributed by atoms with Gasteiger partial charge in [0.15, 0.2) is 5.60 Å². The third-order valence-electron chi connectivity index (χ3n) is 3.99. The summed E-state index contributed by atoms with van der Waals surface area (Å²) in [6.07, 6.45) is 1.88. The van der Waals surface area contributed by atoms with E-state index < -0.39 is 5.60 Å². The Balaban J connectivity index is 1.88. The summed E-state index contributed by atoms with van der Waals surface area (Å²) in [5.74, 6) is 0.0423. The van der Waals surface area contributed by atoms with Gasteiger partial charge in [-0.2, -0.15) is 0 Å². The number of carbonyl (C=O) groups excluding carboxylic acids is 1. The Kier molecular flexibility index (Phi) is 2.46. The van der Waals surface area contributed by atoms with Gasteiger partial charge in [0, 0.05) is 24.8 Å². The maximum atomic E-state index is 12.6. The van der Waals surface area contributed by atoms with E-state index >= 15 is 0 Å². The Labute approximate surface area is 121 Å². The van der Waals surface area contributed by atoms with Crippen LogP contribution in [0, 0.1) is 0 Å².